The van der Waals surface area contributed by atoms with Crippen LogP contribution in [-0.2, 0) is 0 Å². The van der Waals surface area contributed by atoms with Crippen molar-refractivity contribution in [3.05, 3.63) is 145 Å². The first-order chi connectivity index (χ1) is 22.8. The predicted molar refractivity (Wildman–Crippen MR) is 183 cm³/mol. The first-order valence-electron chi connectivity index (χ1n) is 15.2. The fourth-order valence-corrected chi connectivity index (χ4v) is 7.09. The first kappa shape index (κ1) is 24.8. The predicted octanol–water partition coefficient (Wildman–Crippen LogP) is 8.71. The van der Waals surface area contributed by atoms with Crippen molar-refractivity contribution in [2.24, 2.45) is 0 Å². The smallest absolute Gasteiger partial charge is 0.220 e. The normalized spacial score (nSPS) is 11.9. The maximum absolute atomic E-state index is 10.1. The van der Waals surface area contributed by atoms with E-state index in [0.717, 1.165) is 78.2 Å². The summed E-state index contributed by atoms with van der Waals surface area (Å²) in [4.78, 5) is 10.3. The molecule has 10 rings (SSSR count). The van der Waals surface area contributed by atoms with Crippen LogP contribution in [0.1, 0.15) is 5.56 Å². The van der Waals surface area contributed by atoms with E-state index in [1.165, 1.54) is 0 Å². The summed E-state index contributed by atoms with van der Waals surface area (Å²) in [6, 6.07) is 50.0. The SMILES string of the molecule is N#Cc1ccc(-n2c3ccccc3n3c4ccccc4nc23)c(-c2ccccc2-n2c3ccccc3n3c4ccccc4nc23)c1. The lowest BCUT2D eigenvalue weighted by Gasteiger charge is -2.17. The van der Waals surface area contributed by atoms with Gasteiger partial charge in [-0.3, -0.25) is 17.9 Å². The Labute approximate surface area is 262 Å². The van der Waals surface area contributed by atoms with Gasteiger partial charge in [-0.15, -0.1) is 0 Å². The van der Waals surface area contributed by atoms with E-state index in [1.54, 1.807) is 0 Å². The molecule has 0 saturated heterocycles. The number of imidazole rings is 4. The lowest BCUT2D eigenvalue weighted by atomic mass is 9.98. The number of nitrogens with zero attached hydrogens (tertiary/aromatic N) is 7. The van der Waals surface area contributed by atoms with Crippen molar-refractivity contribution in [3.8, 4) is 28.6 Å². The van der Waals surface area contributed by atoms with Crippen molar-refractivity contribution in [1.29, 1.82) is 5.26 Å². The van der Waals surface area contributed by atoms with Crippen molar-refractivity contribution in [1.82, 2.24) is 27.9 Å². The number of nitriles is 1. The topological polar surface area (TPSA) is 68.2 Å². The van der Waals surface area contributed by atoms with Crippen molar-refractivity contribution >= 4 is 55.7 Å². The molecule has 0 radical (unpaired) electrons. The molecule has 0 spiro atoms. The second-order valence-electron chi connectivity index (χ2n) is 11.5. The van der Waals surface area contributed by atoms with Gasteiger partial charge in [0.2, 0.25) is 11.6 Å². The summed E-state index contributed by atoms with van der Waals surface area (Å²) in [6.45, 7) is 0. The summed E-state index contributed by atoms with van der Waals surface area (Å²) in [5.74, 6) is 1.65. The first-order valence-corrected chi connectivity index (χ1v) is 15.2. The van der Waals surface area contributed by atoms with Crippen LogP contribution in [0.25, 0.3) is 78.2 Å². The molecular formula is C39H23N7. The Morgan fingerprint density at radius 2 is 0.891 bits per heavy atom. The zero-order chi connectivity index (χ0) is 30.4. The molecular weight excluding hydrogens is 566 g/mol. The number of aromatic nitrogens is 6. The molecule has 10 aromatic rings. The second kappa shape index (κ2) is 9.18. The molecule has 0 N–H and O–H groups in total. The third-order valence-corrected chi connectivity index (χ3v) is 9.01. The average Bonchev–Trinajstić information content (AvgIpc) is 3.84. The summed E-state index contributed by atoms with van der Waals surface area (Å²) >= 11 is 0. The summed E-state index contributed by atoms with van der Waals surface area (Å²) in [7, 11) is 0. The Balaban J connectivity index is 1.33. The van der Waals surface area contributed by atoms with Gasteiger partial charge in [-0.25, -0.2) is 9.97 Å². The number of hydrogen-bond acceptors (Lipinski definition) is 3. The van der Waals surface area contributed by atoms with Gasteiger partial charge in [0, 0.05) is 11.1 Å². The lowest BCUT2D eigenvalue weighted by molar-refractivity contribution is 1.10. The fourth-order valence-electron chi connectivity index (χ4n) is 7.09. The zero-order valence-electron chi connectivity index (χ0n) is 24.4. The quantitative estimate of drug-likeness (QED) is 0.207. The Morgan fingerprint density at radius 3 is 1.46 bits per heavy atom. The number of fused-ring (bicyclic) bond motifs is 10. The van der Waals surface area contributed by atoms with E-state index in [1.807, 2.05) is 42.5 Å². The number of hydrogen-bond donors (Lipinski definition) is 0. The Bertz CT molecular complexity index is 2890. The van der Waals surface area contributed by atoms with Crippen LogP contribution in [0.5, 0.6) is 0 Å². The van der Waals surface area contributed by atoms with Gasteiger partial charge in [0.15, 0.2) is 0 Å². The van der Waals surface area contributed by atoms with E-state index in [2.05, 4.69) is 121 Å². The minimum atomic E-state index is 0.587. The van der Waals surface area contributed by atoms with Crippen LogP contribution in [0.15, 0.2) is 140 Å². The minimum absolute atomic E-state index is 0.587. The van der Waals surface area contributed by atoms with E-state index < -0.39 is 0 Å². The second-order valence-corrected chi connectivity index (χ2v) is 11.5. The van der Waals surface area contributed by atoms with Crippen LogP contribution < -0.4 is 0 Å². The molecule has 7 heteroatoms. The van der Waals surface area contributed by atoms with E-state index >= 15 is 0 Å². The molecule has 6 aromatic carbocycles. The van der Waals surface area contributed by atoms with Crippen LogP contribution in [0.2, 0.25) is 0 Å². The molecule has 0 aliphatic heterocycles. The minimum Gasteiger partial charge on any atom is -0.278 e. The van der Waals surface area contributed by atoms with Crippen molar-refractivity contribution in [2.75, 3.05) is 0 Å². The van der Waals surface area contributed by atoms with Gasteiger partial charge in [0.05, 0.1) is 67.1 Å². The molecule has 4 heterocycles. The lowest BCUT2D eigenvalue weighted by Crippen LogP contribution is -2.03. The van der Waals surface area contributed by atoms with E-state index in [9.17, 15) is 5.26 Å². The maximum atomic E-state index is 10.1. The third-order valence-electron chi connectivity index (χ3n) is 9.01. The summed E-state index contributed by atoms with van der Waals surface area (Å²) < 4.78 is 8.90. The van der Waals surface area contributed by atoms with Gasteiger partial charge in [0.25, 0.3) is 0 Å². The van der Waals surface area contributed by atoms with E-state index in [4.69, 9.17) is 9.97 Å². The highest BCUT2D eigenvalue weighted by molar-refractivity contribution is 5.96. The van der Waals surface area contributed by atoms with Crippen LogP contribution in [-0.4, -0.2) is 27.9 Å². The monoisotopic (exact) mass is 589 g/mol. The van der Waals surface area contributed by atoms with E-state index in [-0.39, 0.29) is 0 Å². The number of para-hydroxylation sites is 9. The molecule has 0 unspecified atom stereocenters. The highest BCUT2D eigenvalue weighted by Gasteiger charge is 2.23. The highest BCUT2D eigenvalue weighted by Crippen LogP contribution is 2.39. The Kier molecular flexibility index (Phi) is 4.94. The fraction of sp³-hybridized carbons (Fsp3) is 0. The standard InChI is InChI=1S/C39H23N7/c40-24-25-21-22-31(44-35-18-8-10-20-37(35)46-33-16-6-3-13-29(33)42-39(44)46)27(23-25)26-11-1-4-14-30(26)43-34-17-7-9-19-36(34)45-32-15-5-2-12-28(32)41-38(43)45/h1-23H. The van der Waals surface area contributed by atoms with E-state index in [0.29, 0.717) is 5.56 Å². The van der Waals surface area contributed by atoms with Crippen LogP contribution in [0.4, 0.5) is 0 Å². The Hall–Kier alpha value is -6.65. The summed E-state index contributed by atoms with van der Waals surface area (Å²) in [6.07, 6.45) is 0. The molecule has 0 atom stereocenters. The van der Waals surface area contributed by atoms with Gasteiger partial charge < -0.3 is 0 Å². The van der Waals surface area contributed by atoms with Gasteiger partial charge in [-0.2, -0.15) is 5.26 Å². The molecule has 0 saturated carbocycles. The van der Waals surface area contributed by atoms with Gasteiger partial charge >= 0.3 is 0 Å². The van der Waals surface area contributed by atoms with Crippen LogP contribution in [0.3, 0.4) is 0 Å². The third kappa shape index (κ3) is 3.24. The number of benzene rings is 6. The van der Waals surface area contributed by atoms with Crippen LogP contribution in [0, 0.1) is 11.3 Å². The highest BCUT2D eigenvalue weighted by atomic mass is 15.2. The maximum Gasteiger partial charge on any atom is 0.220 e. The molecule has 46 heavy (non-hydrogen) atoms. The average molecular weight is 590 g/mol. The molecule has 0 fully saturated rings. The molecule has 0 amide bonds. The molecule has 0 aliphatic rings. The largest absolute Gasteiger partial charge is 0.278 e. The summed E-state index contributed by atoms with van der Waals surface area (Å²) in [5, 5.41) is 10.1. The van der Waals surface area contributed by atoms with Crippen molar-refractivity contribution in [3.63, 3.8) is 0 Å². The van der Waals surface area contributed by atoms with Crippen molar-refractivity contribution < 1.29 is 0 Å². The zero-order valence-corrected chi connectivity index (χ0v) is 24.4. The molecule has 0 aliphatic carbocycles. The van der Waals surface area contributed by atoms with Crippen molar-refractivity contribution in [2.45, 2.75) is 0 Å². The Morgan fingerprint density at radius 1 is 0.435 bits per heavy atom. The van der Waals surface area contributed by atoms with Crippen LogP contribution >= 0.6 is 0 Å². The molecule has 7 nitrogen and oxygen atoms in total. The molecule has 4 aromatic heterocycles. The molecule has 0 bridgehead atoms. The van der Waals surface area contributed by atoms with Gasteiger partial charge in [-0.1, -0.05) is 66.7 Å². The molecule has 214 valence electrons. The summed E-state index contributed by atoms with van der Waals surface area (Å²) in [5.41, 5.74) is 12.6. The van der Waals surface area contributed by atoms with Gasteiger partial charge in [0.1, 0.15) is 0 Å². The number of rotatable bonds is 3. The van der Waals surface area contributed by atoms with Gasteiger partial charge in [-0.05, 0) is 72.8 Å².